The third kappa shape index (κ3) is 3.20. The Morgan fingerprint density at radius 3 is 2.71 bits per heavy atom. The van der Waals surface area contributed by atoms with Crippen LogP contribution >= 0.6 is 34.5 Å². The van der Waals surface area contributed by atoms with Crippen molar-refractivity contribution < 1.29 is 4.79 Å². The van der Waals surface area contributed by atoms with Crippen LogP contribution in [0.2, 0.25) is 10.0 Å². The third-order valence-electron chi connectivity index (χ3n) is 3.42. The van der Waals surface area contributed by atoms with Crippen LogP contribution in [0.1, 0.15) is 23.5 Å². The molecule has 3 aromatic rings. The molecule has 0 unspecified atom stereocenters. The van der Waals surface area contributed by atoms with E-state index in [1.54, 1.807) is 18.2 Å². The van der Waals surface area contributed by atoms with E-state index in [1.165, 1.54) is 11.3 Å². The first kappa shape index (κ1) is 17.0. The van der Waals surface area contributed by atoms with Gasteiger partial charge in [-0.1, -0.05) is 23.2 Å². The van der Waals surface area contributed by atoms with Crippen LogP contribution in [-0.2, 0) is 0 Å². The van der Waals surface area contributed by atoms with Gasteiger partial charge in [-0.3, -0.25) is 4.79 Å². The van der Waals surface area contributed by atoms with Gasteiger partial charge in [-0.05, 0) is 44.2 Å². The standard InChI is InChI=1S/C17H15Cl2N3OS/c1-8(2)21-16(23)15-14(20)10-4-6-13(22-17(10)24-15)11-7-9(18)3-5-12(11)19/h3-8H,20H2,1-2H3,(H,21,23). The zero-order valence-electron chi connectivity index (χ0n) is 13.1. The lowest BCUT2D eigenvalue weighted by Gasteiger charge is -2.06. The molecule has 0 fully saturated rings. The maximum absolute atomic E-state index is 12.3. The number of halogens is 2. The third-order valence-corrected chi connectivity index (χ3v) is 5.10. The number of carbonyl (C=O) groups excluding carboxylic acids is 1. The minimum Gasteiger partial charge on any atom is -0.397 e. The molecular formula is C17H15Cl2N3OS. The molecule has 7 heteroatoms. The summed E-state index contributed by atoms with van der Waals surface area (Å²) in [6.07, 6.45) is 0. The summed E-state index contributed by atoms with van der Waals surface area (Å²) >= 11 is 13.6. The molecule has 4 nitrogen and oxygen atoms in total. The van der Waals surface area contributed by atoms with Gasteiger partial charge in [0.2, 0.25) is 0 Å². The van der Waals surface area contributed by atoms with Gasteiger partial charge in [0.1, 0.15) is 9.71 Å². The Bertz CT molecular complexity index is 937. The number of nitrogens with two attached hydrogens (primary N) is 1. The van der Waals surface area contributed by atoms with E-state index < -0.39 is 0 Å². The van der Waals surface area contributed by atoms with Crippen molar-refractivity contribution >= 4 is 56.3 Å². The predicted molar refractivity (Wildman–Crippen MR) is 102 cm³/mol. The number of rotatable bonds is 3. The fraction of sp³-hybridized carbons (Fsp3) is 0.176. The minimum absolute atomic E-state index is 0.0379. The summed E-state index contributed by atoms with van der Waals surface area (Å²) in [5.74, 6) is -0.187. The van der Waals surface area contributed by atoms with Gasteiger partial charge in [0.05, 0.1) is 16.4 Å². The molecule has 0 radical (unpaired) electrons. The molecule has 2 heterocycles. The molecule has 3 rings (SSSR count). The normalized spacial score (nSPS) is 11.2. The first-order chi connectivity index (χ1) is 11.4. The van der Waals surface area contributed by atoms with E-state index in [2.05, 4.69) is 10.3 Å². The Labute approximate surface area is 153 Å². The highest BCUT2D eigenvalue weighted by molar-refractivity contribution is 7.21. The Kier molecular flexibility index (Phi) is 4.67. The molecule has 0 aliphatic heterocycles. The van der Waals surface area contributed by atoms with Crippen LogP contribution in [0.25, 0.3) is 21.5 Å². The Hall–Kier alpha value is -1.82. The molecule has 124 valence electrons. The molecule has 0 aliphatic rings. The summed E-state index contributed by atoms with van der Waals surface area (Å²) in [5, 5.41) is 4.75. The number of fused-ring (bicyclic) bond motifs is 1. The van der Waals surface area contributed by atoms with Crippen molar-refractivity contribution in [2.75, 3.05) is 5.73 Å². The van der Waals surface area contributed by atoms with Crippen LogP contribution in [0.4, 0.5) is 5.69 Å². The first-order valence-electron chi connectivity index (χ1n) is 7.32. The van der Waals surface area contributed by atoms with Gasteiger partial charge in [0.25, 0.3) is 5.91 Å². The van der Waals surface area contributed by atoms with Gasteiger partial charge < -0.3 is 11.1 Å². The van der Waals surface area contributed by atoms with Crippen molar-refractivity contribution in [3.05, 3.63) is 45.3 Å². The van der Waals surface area contributed by atoms with Gasteiger partial charge in [-0.2, -0.15) is 0 Å². The number of pyridine rings is 1. The fourth-order valence-corrected chi connectivity index (χ4v) is 3.72. The summed E-state index contributed by atoms with van der Waals surface area (Å²) < 4.78 is 0. The van der Waals surface area contributed by atoms with E-state index in [4.69, 9.17) is 28.9 Å². The number of hydrogen-bond acceptors (Lipinski definition) is 4. The van der Waals surface area contributed by atoms with E-state index >= 15 is 0 Å². The zero-order valence-corrected chi connectivity index (χ0v) is 15.4. The van der Waals surface area contributed by atoms with E-state index in [0.29, 0.717) is 31.1 Å². The fourth-order valence-electron chi connectivity index (χ4n) is 2.34. The number of amides is 1. The lowest BCUT2D eigenvalue weighted by molar-refractivity contribution is 0.0948. The van der Waals surface area contributed by atoms with Crippen LogP contribution < -0.4 is 11.1 Å². The summed E-state index contributed by atoms with van der Waals surface area (Å²) in [6.45, 7) is 3.80. The summed E-state index contributed by atoms with van der Waals surface area (Å²) in [4.78, 5) is 18.0. The number of hydrogen-bond donors (Lipinski definition) is 2. The monoisotopic (exact) mass is 379 g/mol. The smallest absolute Gasteiger partial charge is 0.263 e. The van der Waals surface area contributed by atoms with Crippen molar-refractivity contribution in [3.8, 4) is 11.3 Å². The largest absolute Gasteiger partial charge is 0.397 e. The van der Waals surface area contributed by atoms with E-state index in [9.17, 15) is 4.79 Å². The predicted octanol–water partition coefficient (Wildman–Crippen LogP) is 4.99. The van der Waals surface area contributed by atoms with Gasteiger partial charge in [0, 0.05) is 22.0 Å². The quantitative estimate of drug-likeness (QED) is 0.673. The lowest BCUT2D eigenvalue weighted by Crippen LogP contribution is -2.29. The molecule has 24 heavy (non-hydrogen) atoms. The Morgan fingerprint density at radius 1 is 1.25 bits per heavy atom. The first-order valence-corrected chi connectivity index (χ1v) is 8.89. The summed E-state index contributed by atoms with van der Waals surface area (Å²) in [7, 11) is 0. The van der Waals surface area contributed by atoms with Gasteiger partial charge in [-0.15, -0.1) is 11.3 Å². The van der Waals surface area contributed by atoms with Crippen molar-refractivity contribution in [1.82, 2.24) is 10.3 Å². The molecular weight excluding hydrogens is 365 g/mol. The average molecular weight is 380 g/mol. The number of nitrogens with one attached hydrogen (secondary N) is 1. The van der Waals surface area contributed by atoms with Crippen LogP contribution in [0.3, 0.4) is 0 Å². The van der Waals surface area contributed by atoms with Gasteiger partial charge >= 0.3 is 0 Å². The number of benzene rings is 1. The van der Waals surface area contributed by atoms with Crippen LogP contribution in [0.5, 0.6) is 0 Å². The molecule has 2 aromatic heterocycles. The number of carbonyl (C=O) groups is 1. The van der Waals surface area contributed by atoms with E-state index in [-0.39, 0.29) is 11.9 Å². The molecule has 1 amide bonds. The summed E-state index contributed by atoms with van der Waals surface area (Å²) in [5.41, 5.74) is 8.00. The average Bonchev–Trinajstić information content (AvgIpc) is 2.85. The highest BCUT2D eigenvalue weighted by Gasteiger charge is 2.18. The summed E-state index contributed by atoms with van der Waals surface area (Å²) in [6, 6.07) is 8.94. The van der Waals surface area contributed by atoms with Crippen molar-refractivity contribution in [3.63, 3.8) is 0 Å². The van der Waals surface area contributed by atoms with Gasteiger partial charge in [0.15, 0.2) is 0 Å². The molecule has 0 spiro atoms. The van der Waals surface area contributed by atoms with Crippen LogP contribution in [0, 0.1) is 0 Å². The Morgan fingerprint density at radius 2 is 2.00 bits per heavy atom. The highest BCUT2D eigenvalue weighted by atomic mass is 35.5. The molecule has 0 atom stereocenters. The molecule has 3 N–H and O–H groups in total. The SMILES string of the molecule is CC(C)NC(=O)c1sc2nc(-c3cc(Cl)ccc3Cl)ccc2c1N. The van der Waals surface area contributed by atoms with Crippen molar-refractivity contribution in [1.29, 1.82) is 0 Å². The van der Waals surface area contributed by atoms with Crippen molar-refractivity contribution in [2.24, 2.45) is 0 Å². The Balaban J connectivity index is 2.09. The van der Waals surface area contributed by atoms with Crippen LogP contribution in [0.15, 0.2) is 30.3 Å². The topological polar surface area (TPSA) is 68.0 Å². The highest BCUT2D eigenvalue weighted by Crippen LogP contribution is 2.36. The van der Waals surface area contributed by atoms with E-state index in [1.807, 2.05) is 26.0 Å². The minimum atomic E-state index is -0.187. The molecule has 0 aliphatic carbocycles. The molecule has 0 saturated carbocycles. The number of nitrogen functional groups attached to an aromatic ring is 1. The second-order valence-corrected chi connectivity index (χ2v) is 7.49. The molecule has 1 aromatic carbocycles. The number of thiophene rings is 1. The lowest BCUT2D eigenvalue weighted by atomic mass is 10.1. The zero-order chi connectivity index (χ0) is 17.4. The maximum Gasteiger partial charge on any atom is 0.263 e. The number of nitrogens with zero attached hydrogens (tertiary/aromatic N) is 1. The van der Waals surface area contributed by atoms with E-state index in [0.717, 1.165) is 10.9 Å². The number of anilines is 1. The second kappa shape index (κ2) is 6.59. The molecule has 0 bridgehead atoms. The van der Waals surface area contributed by atoms with Crippen LogP contribution in [-0.4, -0.2) is 16.9 Å². The second-order valence-electron chi connectivity index (χ2n) is 5.65. The molecule has 0 saturated heterocycles. The van der Waals surface area contributed by atoms with Gasteiger partial charge in [-0.25, -0.2) is 4.98 Å². The number of aromatic nitrogens is 1. The van der Waals surface area contributed by atoms with Crippen molar-refractivity contribution in [2.45, 2.75) is 19.9 Å². The maximum atomic E-state index is 12.3.